The maximum absolute atomic E-state index is 6.01. The van der Waals surface area contributed by atoms with Gasteiger partial charge in [0.2, 0.25) is 0 Å². The van der Waals surface area contributed by atoms with E-state index >= 15 is 0 Å². The van der Waals surface area contributed by atoms with Gasteiger partial charge in [0.1, 0.15) is 5.75 Å². The van der Waals surface area contributed by atoms with E-state index in [2.05, 4.69) is 34.7 Å². The lowest BCUT2D eigenvalue weighted by atomic mass is 10.0. The Kier molecular flexibility index (Phi) is 4.97. The maximum Gasteiger partial charge on any atom is 0.143 e. The minimum absolute atomic E-state index is 0.721. The highest BCUT2D eigenvalue weighted by molar-refractivity contribution is 5.66. The Balaban J connectivity index is 1.63. The first-order valence-corrected chi connectivity index (χ1v) is 8.70. The summed E-state index contributed by atoms with van der Waals surface area (Å²) in [4.78, 5) is 7.60. The molecule has 1 aromatic rings. The van der Waals surface area contributed by atoms with E-state index in [-0.39, 0.29) is 0 Å². The topological polar surface area (TPSA) is 45.0 Å². The Hall–Kier alpha value is -1.46. The lowest BCUT2D eigenvalue weighted by molar-refractivity contribution is 0.115. The van der Waals surface area contributed by atoms with E-state index in [1.165, 1.54) is 37.2 Å². The number of aryl methyl sites for hydroxylation is 1. The van der Waals surface area contributed by atoms with Gasteiger partial charge in [0.15, 0.2) is 0 Å². The van der Waals surface area contributed by atoms with Crippen molar-refractivity contribution in [1.82, 2.24) is 9.80 Å². The molecule has 0 radical (unpaired) electrons. The second kappa shape index (κ2) is 6.97. The molecule has 0 aromatic heterocycles. The molecule has 0 bridgehead atoms. The summed E-state index contributed by atoms with van der Waals surface area (Å²) in [5, 5.41) is 0. The summed E-state index contributed by atoms with van der Waals surface area (Å²) in [5.74, 6) is 0.781. The normalized spacial score (nSPS) is 21.6. The van der Waals surface area contributed by atoms with E-state index in [0.717, 1.165) is 43.7 Å². The fraction of sp³-hybridized carbons (Fsp3) is 0.667. The van der Waals surface area contributed by atoms with Gasteiger partial charge in [0.25, 0.3) is 0 Å². The van der Waals surface area contributed by atoms with Crippen molar-refractivity contribution >= 4 is 11.4 Å². The van der Waals surface area contributed by atoms with Gasteiger partial charge in [0.05, 0.1) is 12.8 Å². The van der Waals surface area contributed by atoms with Gasteiger partial charge in [-0.1, -0.05) is 0 Å². The van der Waals surface area contributed by atoms with Gasteiger partial charge >= 0.3 is 0 Å². The first kappa shape index (κ1) is 16.4. The number of nitrogen functional groups attached to an aromatic ring is 1. The number of piperidine rings is 1. The quantitative estimate of drug-likeness (QED) is 0.861. The average Bonchev–Trinajstić information content (AvgIpc) is 2.56. The Labute approximate surface area is 140 Å². The third kappa shape index (κ3) is 3.56. The van der Waals surface area contributed by atoms with E-state index in [1.54, 1.807) is 7.11 Å². The SMILES string of the molecule is COc1cc(N2CCN(C3CCN(C)CC3)CC2)c(C)cc1N. The van der Waals surface area contributed by atoms with Crippen LogP contribution in [0, 0.1) is 6.92 Å². The zero-order valence-corrected chi connectivity index (χ0v) is 14.7. The molecule has 2 heterocycles. The van der Waals surface area contributed by atoms with Crippen LogP contribution in [0.15, 0.2) is 12.1 Å². The number of methoxy groups -OCH3 is 1. The van der Waals surface area contributed by atoms with Crippen molar-refractivity contribution in [1.29, 1.82) is 0 Å². The molecule has 2 N–H and O–H groups in total. The summed E-state index contributed by atoms with van der Waals surface area (Å²) in [7, 11) is 3.91. The van der Waals surface area contributed by atoms with Crippen LogP contribution in [-0.2, 0) is 0 Å². The highest BCUT2D eigenvalue weighted by atomic mass is 16.5. The van der Waals surface area contributed by atoms with Crippen molar-refractivity contribution in [2.75, 3.05) is 64.1 Å². The summed E-state index contributed by atoms with van der Waals surface area (Å²) in [6.45, 7) is 9.08. The fourth-order valence-electron chi connectivity index (χ4n) is 3.91. The molecule has 0 atom stereocenters. The lowest BCUT2D eigenvalue weighted by Gasteiger charge is -2.43. The van der Waals surface area contributed by atoms with Gasteiger partial charge in [-0.2, -0.15) is 0 Å². The van der Waals surface area contributed by atoms with Gasteiger partial charge in [0, 0.05) is 44.0 Å². The fourth-order valence-corrected chi connectivity index (χ4v) is 3.91. The molecule has 0 unspecified atom stereocenters. The Bertz CT molecular complexity index is 532. The third-order valence-corrected chi connectivity index (χ3v) is 5.41. The van der Waals surface area contributed by atoms with Gasteiger partial charge in [-0.3, -0.25) is 4.90 Å². The third-order valence-electron chi connectivity index (χ3n) is 5.41. The predicted octanol–water partition coefficient (Wildman–Crippen LogP) is 1.80. The van der Waals surface area contributed by atoms with Gasteiger partial charge in [-0.15, -0.1) is 0 Å². The maximum atomic E-state index is 6.01. The molecule has 3 rings (SSSR count). The average molecular weight is 318 g/mol. The highest BCUT2D eigenvalue weighted by Gasteiger charge is 2.27. The molecule has 0 aliphatic carbocycles. The lowest BCUT2D eigenvalue weighted by Crippen LogP contribution is -2.53. The number of ether oxygens (including phenoxy) is 1. The molecule has 0 amide bonds. The van der Waals surface area contributed by atoms with Crippen LogP contribution in [0.1, 0.15) is 18.4 Å². The van der Waals surface area contributed by atoms with Crippen molar-refractivity contribution < 1.29 is 4.74 Å². The number of nitrogens with zero attached hydrogens (tertiary/aromatic N) is 3. The number of benzene rings is 1. The van der Waals surface area contributed by atoms with Crippen LogP contribution in [0.3, 0.4) is 0 Å². The molecule has 2 aliphatic heterocycles. The molecule has 5 heteroatoms. The second-order valence-corrected chi connectivity index (χ2v) is 6.94. The van der Waals surface area contributed by atoms with Crippen molar-refractivity contribution in [3.8, 4) is 5.75 Å². The Morgan fingerprint density at radius 3 is 2.30 bits per heavy atom. The molecular formula is C18H30N4O. The number of hydrogen-bond donors (Lipinski definition) is 1. The van der Waals surface area contributed by atoms with Crippen LogP contribution < -0.4 is 15.4 Å². The molecule has 5 nitrogen and oxygen atoms in total. The van der Waals surface area contributed by atoms with E-state index < -0.39 is 0 Å². The van der Waals surface area contributed by atoms with Gasteiger partial charge in [-0.05, 0) is 51.5 Å². The van der Waals surface area contributed by atoms with Crippen molar-refractivity contribution in [3.63, 3.8) is 0 Å². The van der Waals surface area contributed by atoms with Crippen LogP contribution >= 0.6 is 0 Å². The van der Waals surface area contributed by atoms with Crippen LogP contribution in [0.4, 0.5) is 11.4 Å². The summed E-state index contributed by atoms with van der Waals surface area (Å²) >= 11 is 0. The van der Waals surface area contributed by atoms with Crippen molar-refractivity contribution in [2.24, 2.45) is 0 Å². The van der Waals surface area contributed by atoms with Crippen molar-refractivity contribution in [3.05, 3.63) is 17.7 Å². The van der Waals surface area contributed by atoms with E-state index in [9.17, 15) is 0 Å². The smallest absolute Gasteiger partial charge is 0.143 e. The molecule has 128 valence electrons. The second-order valence-electron chi connectivity index (χ2n) is 6.94. The molecule has 2 saturated heterocycles. The summed E-state index contributed by atoms with van der Waals surface area (Å²) in [6, 6.07) is 4.89. The molecule has 2 aliphatic rings. The summed E-state index contributed by atoms with van der Waals surface area (Å²) in [6.07, 6.45) is 2.62. The Morgan fingerprint density at radius 2 is 1.70 bits per heavy atom. The van der Waals surface area contributed by atoms with Gasteiger partial charge < -0.3 is 20.3 Å². The predicted molar refractivity (Wildman–Crippen MR) is 96.4 cm³/mol. The van der Waals surface area contributed by atoms with Crippen LogP contribution in [0.2, 0.25) is 0 Å². The number of anilines is 2. The number of likely N-dealkylation sites (tertiary alicyclic amines) is 1. The molecule has 1 aromatic carbocycles. The number of hydrogen-bond acceptors (Lipinski definition) is 5. The first-order valence-electron chi connectivity index (χ1n) is 8.70. The monoisotopic (exact) mass is 318 g/mol. The van der Waals surface area contributed by atoms with E-state index in [1.807, 2.05) is 6.07 Å². The highest BCUT2D eigenvalue weighted by Crippen LogP contribution is 2.32. The zero-order valence-electron chi connectivity index (χ0n) is 14.7. The van der Waals surface area contributed by atoms with E-state index in [0.29, 0.717) is 0 Å². The minimum atomic E-state index is 0.721. The molecular weight excluding hydrogens is 288 g/mol. The first-order chi connectivity index (χ1) is 11.1. The molecule has 0 saturated carbocycles. The van der Waals surface area contributed by atoms with Crippen LogP contribution in [-0.4, -0.2) is 69.3 Å². The molecule has 0 spiro atoms. The zero-order chi connectivity index (χ0) is 16.4. The number of nitrogens with two attached hydrogens (primary N) is 1. The summed E-state index contributed by atoms with van der Waals surface area (Å²) in [5.41, 5.74) is 9.22. The van der Waals surface area contributed by atoms with E-state index in [4.69, 9.17) is 10.5 Å². The number of rotatable bonds is 3. The minimum Gasteiger partial charge on any atom is -0.495 e. The van der Waals surface area contributed by atoms with Crippen LogP contribution in [0.5, 0.6) is 5.75 Å². The molecule has 23 heavy (non-hydrogen) atoms. The van der Waals surface area contributed by atoms with Crippen LogP contribution in [0.25, 0.3) is 0 Å². The molecule has 2 fully saturated rings. The van der Waals surface area contributed by atoms with Crippen molar-refractivity contribution in [2.45, 2.75) is 25.8 Å². The summed E-state index contributed by atoms with van der Waals surface area (Å²) < 4.78 is 5.39. The van der Waals surface area contributed by atoms with Gasteiger partial charge in [-0.25, -0.2) is 0 Å². The standard InChI is InChI=1S/C18H30N4O/c1-14-12-16(19)18(23-3)13-17(14)22-10-8-21(9-11-22)15-4-6-20(2)7-5-15/h12-13,15H,4-11,19H2,1-3H3. The Morgan fingerprint density at radius 1 is 1.04 bits per heavy atom. The number of piperazine rings is 1. The largest absolute Gasteiger partial charge is 0.495 e.